The Morgan fingerprint density at radius 2 is 2.46 bits per heavy atom. The Morgan fingerprint density at radius 1 is 1.69 bits per heavy atom. The van der Waals surface area contributed by atoms with E-state index in [1.165, 1.54) is 0 Å². The van der Waals surface area contributed by atoms with E-state index in [1.807, 2.05) is 0 Å². The van der Waals surface area contributed by atoms with Gasteiger partial charge in [-0.05, 0) is 12.8 Å². The van der Waals surface area contributed by atoms with Crippen LogP contribution in [0.5, 0.6) is 0 Å². The van der Waals surface area contributed by atoms with Gasteiger partial charge in [-0.2, -0.15) is 0 Å². The Bertz CT molecular complexity index is 194. The Morgan fingerprint density at radius 3 is 3.00 bits per heavy atom. The molecule has 1 rings (SSSR count). The second-order valence-corrected chi connectivity index (χ2v) is 3.09. The Labute approximate surface area is 78.1 Å². The predicted molar refractivity (Wildman–Crippen MR) is 50.2 cm³/mol. The van der Waals surface area contributed by atoms with E-state index >= 15 is 0 Å². The minimum Gasteiger partial charge on any atom is -0.364 e. The van der Waals surface area contributed by atoms with Crippen molar-refractivity contribution in [2.45, 2.75) is 25.0 Å². The maximum atomic E-state index is 11.3. The summed E-state index contributed by atoms with van der Waals surface area (Å²) in [6.07, 6.45) is 3.04. The number of carbonyl (C=O) groups excluding carboxylic acids is 1. The van der Waals surface area contributed by atoms with Gasteiger partial charge in [-0.25, -0.2) is 0 Å². The fourth-order valence-electron chi connectivity index (χ4n) is 1.36. The van der Waals surface area contributed by atoms with Crippen LogP contribution in [0.3, 0.4) is 0 Å². The van der Waals surface area contributed by atoms with Crippen LogP contribution < -0.4 is 11.1 Å². The first kappa shape index (κ1) is 10.2. The van der Waals surface area contributed by atoms with Crippen LogP contribution in [0.25, 0.3) is 0 Å². The van der Waals surface area contributed by atoms with Crippen LogP contribution in [0.2, 0.25) is 0 Å². The van der Waals surface area contributed by atoms with Crippen LogP contribution in [-0.4, -0.2) is 31.2 Å². The molecule has 0 bridgehead atoms. The summed E-state index contributed by atoms with van der Waals surface area (Å²) in [5.41, 5.74) is 5.42. The lowest BCUT2D eigenvalue weighted by Gasteiger charge is -2.11. The highest BCUT2D eigenvalue weighted by molar-refractivity contribution is 5.81. The van der Waals surface area contributed by atoms with Gasteiger partial charge in [-0.1, -0.05) is 6.08 Å². The fraction of sp³-hybridized carbons (Fsp3) is 0.667. The molecule has 2 atom stereocenters. The third kappa shape index (κ3) is 2.82. The lowest BCUT2D eigenvalue weighted by molar-refractivity contribution is -0.131. The van der Waals surface area contributed by atoms with Crippen molar-refractivity contribution in [2.75, 3.05) is 13.1 Å². The van der Waals surface area contributed by atoms with Gasteiger partial charge in [0.2, 0.25) is 5.91 Å². The quantitative estimate of drug-likeness (QED) is 0.594. The minimum atomic E-state index is -0.312. The highest BCUT2D eigenvalue weighted by Gasteiger charge is 2.29. The van der Waals surface area contributed by atoms with Gasteiger partial charge >= 0.3 is 0 Å². The molecule has 0 spiro atoms. The molecule has 1 amide bonds. The highest BCUT2D eigenvalue weighted by atomic mass is 16.5. The van der Waals surface area contributed by atoms with Crippen LogP contribution in [0, 0.1) is 0 Å². The summed E-state index contributed by atoms with van der Waals surface area (Å²) in [5, 5.41) is 2.70. The molecule has 4 heteroatoms. The van der Waals surface area contributed by atoms with Crippen molar-refractivity contribution in [1.29, 1.82) is 0 Å². The molecule has 2 unspecified atom stereocenters. The molecule has 13 heavy (non-hydrogen) atoms. The van der Waals surface area contributed by atoms with E-state index in [4.69, 9.17) is 10.5 Å². The van der Waals surface area contributed by atoms with Crippen LogP contribution in [0.15, 0.2) is 12.7 Å². The number of hydrogen-bond acceptors (Lipinski definition) is 3. The van der Waals surface area contributed by atoms with Crippen molar-refractivity contribution in [1.82, 2.24) is 5.32 Å². The van der Waals surface area contributed by atoms with Crippen molar-refractivity contribution < 1.29 is 9.53 Å². The fourth-order valence-corrected chi connectivity index (χ4v) is 1.36. The third-order valence-electron chi connectivity index (χ3n) is 2.08. The smallest absolute Gasteiger partial charge is 0.249 e. The number of carbonyl (C=O) groups is 1. The van der Waals surface area contributed by atoms with Gasteiger partial charge in [0.05, 0.1) is 6.10 Å². The molecule has 1 fully saturated rings. The molecule has 74 valence electrons. The topological polar surface area (TPSA) is 64.4 Å². The monoisotopic (exact) mass is 184 g/mol. The Balaban J connectivity index is 2.28. The van der Waals surface area contributed by atoms with Gasteiger partial charge in [0.25, 0.3) is 0 Å². The van der Waals surface area contributed by atoms with Gasteiger partial charge in [-0.3, -0.25) is 4.79 Å². The molecule has 0 saturated carbocycles. The van der Waals surface area contributed by atoms with Crippen molar-refractivity contribution in [3.63, 3.8) is 0 Å². The third-order valence-corrected chi connectivity index (χ3v) is 2.08. The molecule has 0 aliphatic carbocycles. The van der Waals surface area contributed by atoms with E-state index in [2.05, 4.69) is 11.9 Å². The van der Waals surface area contributed by atoms with Crippen molar-refractivity contribution in [2.24, 2.45) is 5.73 Å². The van der Waals surface area contributed by atoms with Gasteiger partial charge in [0.1, 0.15) is 6.10 Å². The standard InChI is InChI=1S/C9H16N2O2/c1-2-5-11-9(12)8-4-3-7(6-10)13-8/h2,7-8H,1,3-6,10H2,(H,11,12). The van der Waals surface area contributed by atoms with Gasteiger partial charge in [0, 0.05) is 13.1 Å². The summed E-state index contributed by atoms with van der Waals surface area (Å²) >= 11 is 0. The SMILES string of the molecule is C=CCNC(=O)C1CCC(CN)O1. The minimum absolute atomic E-state index is 0.0551. The average molecular weight is 184 g/mol. The second kappa shape index (κ2) is 4.99. The van der Waals surface area contributed by atoms with Crippen molar-refractivity contribution in [3.05, 3.63) is 12.7 Å². The summed E-state index contributed by atoms with van der Waals surface area (Å²) in [5.74, 6) is -0.0594. The number of rotatable bonds is 4. The number of nitrogens with two attached hydrogens (primary N) is 1. The molecular formula is C9H16N2O2. The molecule has 1 saturated heterocycles. The van der Waals surface area contributed by atoms with Gasteiger partial charge in [-0.15, -0.1) is 6.58 Å². The van der Waals surface area contributed by atoms with E-state index in [1.54, 1.807) is 6.08 Å². The van der Waals surface area contributed by atoms with Gasteiger partial charge in [0.15, 0.2) is 0 Å². The molecule has 0 radical (unpaired) electrons. The van der Waals surface area contributed by atoms with E-state index in [9.17, 15) is 4.79 Å². The number of amides is 1. The zero-order valence-corrected chi connectivity index (χ0v) is 7.66. The van der Waals surface area contributed by atoms with Crippen molar-refractivity contribution in [3.8, 4) is 0 Å². The first-order valence-electron chi connectivity index (χ1n) is 4.52. The number of hydrogen-bond donors (Lipinski definition) is 2. The molecule has 1 heterocycles. The first-order chi connectivity index (χ1) is 6.27. The summed E-state index contributed by atoms with van der Waals surface area (Å²) in [4.78, 5) is 11.3. The molecular weight excluding hydrogens is 168 g/mol. The molecule has 0 aromatic heterocycles. The van der Waals surface area contributed by atoms with E-state index in [-0.39, 0.29) is 18.1 Å². The Kier molecular flexibility index (Phi) is 3.92. The lowest BCUT2D eigenvalue weighted by atomic mass is 10.2. The molecule has 0 aromatic rings. The summed E-state index contributed by atoms with van der Waals surface area (Å²) in [6.45, 7) is 4.50. The predicted octanol–water partition coefficient (Wildman–Crippen LogP) is -0.205. The summed E-state index contributed by atoms with van der Waals surface area (Å²) in [6, 6.07) is 0. The highest BCUT2D eigenvalue weighted by Crippen LogP contribution is 2.18. The van der Waals surface area contributed by atoms with Gasteiger partial charge < -0.3 is 15.8 Å². The Hall–Kier alpha value is -0.870. The molecule has 0 aromatic carbocycles. The van der Waals surface area contributed by atoms with Crippen LogP contribution in [0.1, 0.15) is 12.8 Å². The maximum absolute atomic E-state index is 11.3. The number of ether oxygens (including phenoxy) is 1. The van der Waals surface area contributed by atoms with Crippen LogP contribution >= 0.6 is 0 Å². The van der Waals surface area contributed by atoms with E-state index in [0.717, 1.165) is 12.8 Å². The molecule has 4 nitrogen and oxygen atoms in total. The normalized spacial score (nSPS) is 27.2. The molecule has 3 N–H and O–H groups in total. The van der Waals surface area contributed by atoms with E-state index < -0.39 is 0 Å². The first-order valence-corrected chi connectivity index (χ1v) is 4.52. The molecule has 1 aliphatic rings. The number of nitrogens with one attached hydrogen (secondary N) is 1. The average Bonchev–Trinajstić information content (AvgIpc) is 2.62. The maximum Gasteiger partial charge on any atom is 0.249 e. The van der Waals surface area contributed by atoms with Crippen molar-refractivity contribution >= 4 is 5.91 Å². The zero-order chi connectivity index (χ0) is 9.68. The molecule has 1 aliphatic heterocycles. The van der Waals surface area contributed by atoms with E-state index in [0.29, 0.717) is 13.1 Å². The largest absolute Gasteiger partial charge is 0.364 e. The zero-order valence-electron chi connectivity index (χ0n) is 7.66. The van der Waals surface area contributed by atoms with Crippen LogP contribution in [-0.2, 0) is 9.53 Å². The van der Waals surface area contributed by atoms with Crippen LogP contribution in [0.4, 0.5) is 0 Å². The second-order valence-electron chi connectivity index (χ2n) is 3.09. The summed E-state index contributed by atoms with van der Waals surface area (Å²) < 4.78 is 5.40. The summed E-state index contributed by atoms with van der Waals surface area (Å²) in [7, 11) is 0. The lowest BCUT2D eigenvalue weighted by Crippen LogP contribution is -2.35.